The molecule has 1 saturated carbocycles. The first-order valence-electron chi connectivity index (χ1n) is 10.3. The first-order chi connectivity index (χ1) is 13.7. The van der Waals surface area contributed by atoms with Crippen molar-refractivity contribution in [3.8, 4) is 0 Å². The van der Waals surface area contributed by atoms with Crippen molar-refractivity contribution in [3.63, 3.8) is 0 Å². The molecule has 4 rings (SSSR count). The molecule has 1 aromatic rings. The Hall–Kier alpha value is -1.00. The fourth-order valence-electron chi connectivity index (χ4n) is 3.88. The van der Waals surface area contributed by atoms with Crippen LogP contribution < -0.4 is 5.32 Å². The van der Waals surface area contributed by atoms with Crippen LogP contribution >= 0.6 is 35.7 Å². The molecule has 0 spiro atoms. The number of carbonyl (C=O) groups excluding carboxylic acids is 1. The van der Waals surface area contributed by atoms with Crippen molar-refractivity contribution >= 4 is 47.6 Å². The van der Waals surface area contributed by atoms with E-state index < -0.39 is 0 Å². The van der Waals surface area contributed by atoms with E-state index in [2.05, 4.69) is 45.5 Å². The minimum atomic E-state index is -0.214. The second-order valence-electron chi connectivity index (χ2n) is 7.81. The van der Waals surface area contributed by atoms with E-state index >= 15 is 0 Å². The average molecular weight is 530 g/mol. The average Bonchev–Trinajstić information content (AvgIpc) is 3.27. The number of hydrogen-bond donors (Lipinski definition) is 1. The van der Waals surface area contributed by atoms with Gasteiger partial charge in [0.2, 0.25) is 0 Å². The van der Waals surface area contributed by atoms with E-state index in [1.165, 1.54) is 17.7 Å². The lowest BCUT2D eigenvalue weighted by Crippen LogP contribution is -2.55. The van der Waals surface area contributed by atoms with Gasteiger partial charge in [-0.1, -0.05) is 18.2 Å². The Labute approximate surface area is 194 Å². The first-order valence-corrected chi connectivity index (χ1v) is 11.1. The number of thioether (sulfide) groups is 1. The van der Waals surface area contributed by atoms with Crippen LogP contribution in [0.3, 0.4) is 0 Å². The van der Waals surface area contributed by atoms with Gasteiger partial charge >= 0.3 is 0 Å². The summed E-state index contributed by atoms with van der Waals surface area (Å²) in [5, 5.41) is 3.59. The molecule has 3 fully saturated rings. The molecule has 1 atom stereocenters. The van der Waals surface area contributed by atoms with Gasteiger partial charge < -0.3 is 19.9 Å². The SMILES string of the molecule is CN=C(NCC1(Sc2ccccc2)CC1)N1CCN(C(=O)C2CCCO2)CC1.I. The minimum Gasteiger partial charge on any atom is -0.368 e. The van der Waals surface area contributed by atoms with Gasteiger partial charge in [-0.2, -0.15) is 0 Å². The third-order valence-corrected chi connectivity index (χ3v) is 7.26. The largest absolute Gasteiger partial charge is 0.368 e. The second kappa shape index (κ2) is 10.3. The van der Waals surface area contributed by atoms with E-state index in [0.717, 1.165) is 58.1 Å². The van der Waals surface area contributed by atoms with Crippen molar-refractivity contribution in [3.05, 3.63) is 30.3 Å². The van der Waals surface area contributed by atoms with Gasteiger partial charge in [-0.25, -0.2) is 0 Å². The van der Waals surface area contributed by atoms with Crippen molar-refractivity contribution in [2.24, 2.45) is 4.99 Å². The lowest BCUT2D eigenvalue weighted by atomic mass is 10.2. The van der Waals surface area contributed by atoms with Gasteiger partial charge in [0, 0.05) is 56.0 Å². The maximum Gasteiger partial charge on any atom is 0.251 e. The quantitative estimate of drug-likeness (QED) is 0.361. The summed E-state index contributed by atoms with van der Waals surface area (Å²) >= 11 is 1.97. The predicted octanol–water partition coefficient (Wildman–Crippen LogP) is 2.83. The molecule has 1 aromatic carbocycles. The molecule has 1 unspecified atom stereocenters. The number of rotatable bonds is 5. The fraction of sp³-hybridized carbons (Fsp3) is 0.619. The van der Waals surface area contributed by atoms with E-state index in [9.17, 15) is 4.79 Å². The maximum atomic E-state index is 12.5. The molecular weight excluding hydrogens is 499 g/mol. The zero-order valence-electron chi connectivity index (χ0n) is 17.0. The van der Waals surface area contributed by atoms with Crippen LogP contribution in [0.25, 0.3) is 0 Å². The molecule has 1 aliphatic carbocycles. The molecule has 29 heavy (non-hydrogen) atoms. The molecule has 2 heterocycles. The second-order valence-corrected chi connectivity index (χ2v) is 9.35. The highest BCUT2D eigenvalue weighted by Crippen LogP contribution is 2.51. The molecule has 2 aliphatic heterocycles. The van der Waals surface area contributed by atoms with Gasteiger partial charge in [-0.15, -0.1) is 35.7 Å². The molecule has 1 N–H and O–H groups in total. The summed E-state index contributed by atoms with van der Waals surface area (Å²) in [6.07, 6.45) is 4.12. The van der Waals surface area contributed by atoms with Gasteiger partial charge in [0.15, 0.2) is 5.96 Å². The molecule has 3 aliphatic rings. The summed E-state index contributed by atoms with van der Waals surface area (Å²) in [5.41, 5.74) is 0. The molecule has 1 amide bonds. The Morgan fingerprint density at radius 1 is 1.21 bits per heavy atom. The summed E-state index contributed by atoms with van der Waals surface area (Å²) in [5.74, 6) is 1.11. The number of carbonyl (C=O) groups is 1. The zero-order valence-corrected chi connectivity index (χ0v) is 20.2. The smallest absolute Gasteiger partial charge is 0.251 e. The standard InChI is InChI=1S/C21H30N4O2S.HI/c1-22-20(23-16-21(9-10-21)28-17-6-3-2-4-7-17)25-13-11-24(12-14-25)19(26)18-8-5-15-27-18;/h2-4,6-7,18H,5,8-16H2,1H3,(H,22,23);1H. The Balaban J connectivity index is 0.00000240. The van der Waals surface area contributed by atoms with E-state index in [0.29, 0.717) is 0 Å². The van der Waals surface area contributed by atoms with Gasteiger partial charge in [0.05, 0.1) is 0 Å². The van der Waals surface area contributed by atoms with Crippen LogP contribution in [0.5, 0.6) is 0 Å². The van der Waals surface area contributed by atoms with Crippen LogP contribution in [0.4, 0.5) is 0 Å². The van der Waals surface area contributed by atoms with E-state index in [4.69, 9.17) is 4.74 Å². The molecule has 8 heteroatoms. The van der Waals surface area contributed by atoms with Crippen LogP contribution in [0.2, 0.25) is 0 Å². The monoisotopic (exact) mass is 530 g/mol. The van der Waals surface area contributed by atoms with Crippen molar-refractivity contribution in [2.75, 3.05) is 46.4 Å². The molecule has 0 radical (unpaired) electrons. The van der Waals surface area contributed by atoms with Crippen molar-refractivity contribution in [1.29, 1.82) is 0 Å². The highest BCUT2D eigenvalue weighted by atomic mass is 127. The summed E-state index contributed by atoms with van der Waals surface area (Å²) in [4.78, 5) is 22.6. The number of benzene rings is 1. The summed E-state index contributed by atoms with van der Waals surface area (Å²) in [6, 6.07) is 10.6. The molecule has 0 aromatic heterocycles. The molecule has 2 saturated heterocycles. The number of piperazine rings is 1. The van der Waals surface area contributed by atoms with Gasteiger partial charge in [-0.3, -0.25) is 9.79 Å². The fourth-order valence-corrected chi connectivity index (χ4v) is 5.12. The van der Waals surface area contributed by atoms with Crippen molar-refractivity contribution in [2.45, 2.75) is 41.4 Å². The van der Waals surface area contributed by atoms with Crippen LogP contribution in [0.1, 0.15) is 25.7 Å². The summed E-state index contributed by atoms with van der Waals surface area (Å²) in [7, 11) is 1.84. The predicted molar refractivity (Wildman–Crippen MR) is 128 cm³/mol. The Kier molecular flexibility index (Phi) is 8.09. The number of guanidine groups is 1. The normalized spacial score (nSPS) is 23.5. The Morgan fingerprint density at radius 2 is 1.90 bits per heavy atom. The maximum absolute atomic E-state index is 12.5. The summed E-state index contributed by atoms with van der Waals surface area (Å²) < 4.78 is 5.84. The van der Waals surface area contributed by atoms with E-state index in [1.807, 2.05) is 23.7 Å². The third kappa shape index (κ3) is 5.79. The van der Waals surface area contributed by atoms with Crippen molar-refractivity contribution < 1.29 is 9.53 Å². The van der Waals surface area contributed by atoms with Crippen LogP contribution in [0, 0.1) is 0 Å². The van der Waals surface area contributed by atoms with Crippen LogP contribution in [-0.4, -0.2) is 78.9 Å². The minimum absolute atomic E-state index is 0. The number of aliphatic imine (C=N–C) groups is 1. The van der Waals surface area contributed by atoms with Gasteiger partial charge in [-0.05, 0) is 37.8 Å². The highest BCUT2D eigenvalue weighted by Gasteiger charge is 2.44. The van der Waals surface area contributed by atoms with Gasteiger partial charge in [0.25, 0.3) is 5.91 Å². The lowest BCUT2D eigenvalue weighted by Gasteiger charge is -2.37. The molecular formula is C21H31IN4O2S. The van der Waals surface area contributed by atoms with E-state index in [1.54, 1.807) is 0 Å². The number of halogens is 1. The molecule has 0 bridgehead atoms. The third-order valence-electron chi connectivity index (χ3n) is 5.76. The first kappa shape index (κ1) is 22.7. The summed E-state index contributed by atoms with van der Waals surface area (Å²) in [6.45, 7) is 4.75. The lowest BCUT2D eigenvalue weighted by molar-refractivity contribution is -0.142. The van der Waals surface area contributed by atoms with Crippen LogP contribution in [0.15, 0.2) is 40.2 Å². The number of nitrogens with one attached hydrogen (secondary N) is 1. The molecule has 6 nitrogen and oxygen atoms in total. The number of hydrogen-bond acceptors (Lipinski definition) is 4. The topological polar surface area (TPSA) is 57.2 Å². The Morgan fingerprint density at radius 3 is 2.48 bits per heavy atom. The van der Waals surface area contributed by atoms with Crippen LogP contribution in [-0.2, 0) is 9.53 Å². The Bertz CT molecular complexity index is 700. The number of ether oxygens (including phenoxy) is 1. The van der Waals surface area contributed by atoms with Crippen molar-refractivity contribution in [1.82, 2.24) is 15.1 Å². The van der Waals surface area contributed by atoms with E-state index in [-0.39, 0.29) is 40.7 Å². The van der Waals surface area contributed by atoms with Gasteiger partial charge in [0.1, 0.15) is 6.10 Å². The number of amides is 1. The highest BCUT2D eigenvalue weighted by molar-refractivity contribution is 14.0. The zero-order chi connectivity index (χ0) is 19.4. The molecule has 160 valence electrons. The number of nitrogens with zero attached hydrogens (tertiary/aromatic N) is 3.